The van der Waals surface area contributed by atoms with E-state index in [4.69, 9.17) is 9.47 Å². The number of nitrogens with one attached hydrogen (secondary N) is 1. The third-order valence-corrected chi connectivity index (χ3v) is 5.61. The molecule has 1 aliphatic heterocycles. The van der Waals surface area contributed by atoms with Crippen LogP contribution in [0.3, 0.4) is 0 Å². The quantitative estimate of drug-likeness (QED) is 0.552. The van der Waals surface area contributed by atoms with Crippen molar-refractivity contribution in [3.05, 3.63) is 22.5 Å². The summed E-state index contributed by atoms with van der Waals surface area (Å²) in [6, 6.07) is 0. The van der Waals surface area contributed by atoms with Crippen LogP contribution >= 0.6 is 0 Å². The summed E-state index contributed by atoms with van der Waals surface area (Å²) in [6.07, 6.45) is 3.05. The van der Waals surface area contributed by atoms with Crippen molar-refractivity contribution in [2.75, 3.05) is 26.3 Å². The molecule has 1 N–H and O–H groups in total. The molecule has 0 aromatic carbocycles. The average molecular weight is 404 g/mol. The normalized spacial score (nSPS) is 17.1. The van der Waals surface area contributed by atoms with E-state index in [1.807, 2.05) is 4.90 Å². The maximum absolute atomic E-state index is 12.6. The van der Waals surface area contributed by atoms with E-state index in [0.29, 0.717) is 42.8 Å². The second-order valence-electron chi connectivity index (χ2n) is 7.75. The fraction of sp³-hybridized carbons (Fsp3) is 0.619. The Kier molecular flexibility index (Phi) is 6.39. The van der Waals surface area contributed by atoms with Gasteiger partial charge in [-0.2, -0.15) is 0 Å². The lowest BCUT2D eigenvalue weighted by atomic mass is 9.96. The second-order valence-corrected chi connectivity index (χ2v) is 7.75. The molecule has 0 atom stereocenters. The van der Waals surface area contributed by atoms with Gasteiger partial charge in [-0.3, -0.25) is 14.4 Å². The van der Waals surface area contributed by atoms with Crippen LogP contribution in [0.5, 0.6) is 0 Å². The van der Waals surface area contributed by atoms with Gasteiger partial charge in [0.15, 0.2) is 6.61 Å². The number of hydrogen-bond donors (Lipinski definition) is 1. The summed E-state index contributed by atoms with van der Waals surface area (Å²) in [7, 11) is 0. The van der Waals surface area contributed by atoms with Crippen molar-refractivity contribution in [3.63, 3.8) is 0 Å². The average Bonchev–Trinajstić information content (AvgIpc) is 3.51. The predicted molar refractivity (Wildman–Crippen MR) is 104 cm³/mol. The van der Waals surface area contributed by atoms with Crippen molar-refractivity contribution in [1.29, 1.82) is 0 Å². The molecule has 1 amide bonds. The molecule has 1 saturated carbocycles. The summed E-state index contributed by atoms with van der Waals surface area (Å²) < 4.78 is 10.2. The van der Waals surface area contributed by atoms with Crippen LogP contribution in [0.1, 0.15) is 64.7 Å². The van der Waals surface area contributed by atoms with Gasteiger partial charge in [0.2, 0.25) is 11.7 Å². The number of amides is 1. The molecule has 1 saturated heterocycles. The SMILES string of the molecule is CCOC(=O)c1[nH]c(C)c(C(=O)COC(=O)C2CCN(C(=O)C3CC3)CC2)c1C. The van der Waals surface area contributed by atoms with E-state index in [2.05, 4.69) is 4.98 Å². The number of H-pyrrole nitrogens is 1. The molecule has 0 spiro atoms. The fourth-order valence-corrected chi connectivity index (χ4v) is 3.83. The highest BCUT2D eigenvalue weighted by Gasteiger charge is 2.36. The third kappa shape index (κ3) is 4.68. The minimum atomic E-state index is -0.517. The smallest absolute Gasteiger partial charge is 0.355 e. The fourth-order valence-electron chi connectivity index (χ4n) is 3.83. The summed E-state index contributed by atoms with van der Waals surface area (Å²) in [6.45, 7) is 6.05. The van der Waals surface area contributed by atoms with Crippen LogP contribution in [-0.4, -0.2) is 59.8 Å². The molecule has 3 rings (SSSR count). The van der Waals surface area contributed by atoms with E-state index in [1.165, 1.54) is 0 Å². The summed E-state index contributed by atoms with van der Waals surface area (Å²) in [5.74, 6) is -1.20. The summed E-state index contributed by atoms with van der Waals surface area (Å²) in [5, 5.41) is 0. The molecular formula is C21H28N2O6. The number of nitrogens with zero attached hydrogens (tertiary/aromatic N) is 1. The number of esters is 2. The van der Waals surface area contributed by atoms with Crippen molar-refractivity contribution >= 4 is 23.6 Å². The van der Waals surface area contributed by atoms with Crippen molar-refractivity contribution in [3.8, 4) is 0 Å². The molecule has 8 nitrogen and oxygen atoms in total. The van der Waals surface area contributed by atoms with E-state index < -0.39 is 11.9 Å². The Bertz CT molecular complexity index is 815. The van der Waals surface area contributed by atoms with Crippen LogP contribution in [0.15, 0.2) is 0 Å². The highest BCUT2D eigenvalue weighted by atomic mass is 16.5. The number of carbonyl (C=O) groups is 4. The van der Waals surface area contributed by atoms with Crippen LogP contribution in [0, 0.1) is 25.7 Å². The first-order chi connectivity index (χ1) is 13.8. The number of Topliss-reactive ketones (excluding diaryl/α,β-unsaturated/α-hetero) is 1. The van der Waals surface area contributed by atoms with Crippen molar-refractivity contribution in [2.24, 2.45) is 11.8 Å². The molecule has 2 aliphatic rings. The Labute approximate surface area is 169 Å². The molecule has 29 heavy (non-hydrogen) atoms. The zero-order valence-corrected chi connectivity index (χ0v) is 17.2. The van der Waals surface area contributed by atoms with E-state index in [1.54, 1.807) is 20.8 Å². The van der Waals surface area contributed by atoms with Gasteiger partial charge in [0.25, 0.3) is 0 Å². The molecule has 2 fully saturated rings. The van der Waals surface area contributed by atoms with Gasteiger partial charge in [0.05, 0.1) is 12.5 Å². The highest BCUT2D eigenvalue weighted by molar-refractivity contribution is 6.03. The first kappa shape index (κ1) is 21.1. The number of rotatable bonds is 7. The standard InChI is InChI=1S/C21H28N2O6/c1-4-28-21(27)18-12(2)17(13(3)22-18)16(24)11-29-20(26)15-7-9-23(10-8-15)19(25)14-5-6-14/h14-15,22H,4-11H2,1-3H3. The summed E-state index contributed by atoms with van der Waals surface area (Å²) in [4.78, 5) is 53.7. The molecule has 1 aromatic heterocycles. The maximum atomic E-state index is 12.6. The van der Waals surface area contributed by atoms with Crippen molar-refractivity contribution < 1.29 is 28.7 Å². The van der Waals surface area contributed by atoms with Crippen LogP contribution in [-0.2, 0) is 19.1 Å². The number of aryl methyl sites for hydroxylation is 1. The molecule has 0 radical (unpaired) electrons. The predicted octanol–water partition coefficient (Wildman–Crippen LogP) is 2.18. The largest absolute Gasteiger partial charge is 0.461 e. The highest BCUT2D eigenvalue weighted by Crippen LogP contribution is 2.32. The van der Waals surface area contributed by atoms with Gasteiger partial charge in [-0.1, -0.05) is 0 Å². The number of ether oxygens (including phenoxy) is 2. The number of carbonyl (C=O) groups excluding carboxylic acids is 4. The van der Waals surface area contributed by atoms with Crippen LogP contribution < -0.4 is 0 Å². The zero-order valence-electron chi connectivity index (χ0n) is 17.2. The lowest BCUT2D eigenvalue weighted by Gasteiger charge is -2.31. The third-order valence-electron chi connectivity index (χ3n) is 5.61. The maximum Gasteiger partial charge on any atom is 0.355 e. The van der Waals surface area contributed by atoms with E-state index in [9.17, 15) is 19.2 Å². The Morgan fingerprint density at radius 1 is 1.00 bits per heavy atom. The first-order valence-corrected chi connectivity index (χ1v) is 10.2. The van der Waals surface area contributed by atoms with Gasteiger partial charge in [0.1, 0.15) is 5.69 Å². The number of hydrogen-bond acceptors (Lipinski definition) is 6. The Morgan fingerprint density at radius 3 is 2.24 bits per heavy atom. The second kappa shape index (κ2) is 8.80. The van der Waals surface area contributed by atoms with E-state index >= 15 is 0 Å². The summed E-state index contributed by atoms with van der Waals surface area (Å²) >= 11 is 0. The first-order valence-electron chi connectivity index (χ1n) is 10.2. The number of ketones is 1. The Hall–Kier alpha value is -2.64. The van der Waals surface area contributed by atoms with Gasteiger partial charge in [-0.15, -0.1) is 0 Å². The monoisotopic (exact) mass is 404 g/mol. The van der Waals surface area contributed by atoms with Crippen LogP contribution in [0.4, 0.5) is 0 Å². The Morgan fingerprint density at radius 2 is 1.66 bits per heavy atom. The number of aromatic nitrogens is 1. The van der Waals surface area contributed by atoms with Crippen LogP contribution in [0.25, 0.3) is 0 Å². The van der Waals surface area contributed by atoms with Crippen LogP contribution in [0.2, 0.25) is 0 Å². The number of likely N-dealkylation sites (tertiary alicyclic amines) is 1. The van der Waals surface area contributed by atoms with E-state index in [-0.39, 0.29) is 42.4 Å². The molecule has 2 heterocycles. The van der Waals surface area contributed by atoms with Crippen molar-refractivity contribution in [1.82, 2.24) is 9.88 Å². The molecule has 0 bridgehead atoms. The Balaban J connectivity index is 1.52. The van der Waals surface area contributed by atoms with Crippen molar-refractivity contribution in [2.45, 2.75) is 46.5 Å². The minimum absolute atomic E-state index is 0.184. The molecule has 1 aliphatic carbocycles. The van der Waals surface area contributed by atoms with Gasteiger partial charge in [0, 0.05) is 30.3 Å². The zero-order chi connectivity index (χ0) is 21.1. The topological polar surface area (TPSA) is 106 Å². The number of aromatic amines is 1. The molecular weight excluding hydrogens is 376 g/mol. The lowest BCUT2D eigenvalue weighted by Crippen LogP contribution is -2.41. The number of piperidine rings is 1. The van der Waals surface area contributed by atoms with E-state index in [0.717, 1.165) is 12.8 Å². The summed E-state index contributed by atoms with van der Waals surface area (Å²) in [5.41, 5.74) is 1.63. The minimum Gasteiger partial charge on any atom is -0.461 e. The molecule has 158 valence electrons. The molecule has 0 unspecified atom stereocenters. The lowest BCUT2D eigenvalue weighted by molar-refractivity contribution is -0.150. The molecule has 1 aromatic rings. The van der Waals surface area contributed by atoms with Gasteiger partial charge in [-0.05, 0) is 52.0 Å². The van der Waals surface area contributed by atoms with Gasteiger partial charge < -0.3 is 19.4 Å². The van der Waals surface area contributed by atoms with Gasteiger partial charge >= 0.3 is 11.9 Å². The molecule has 8 heteroatoms. The van der Waals surface area contributed by atoms with Gasteiger partial charge in [-0.25, -0.2) is 4.79 Å².